The van der Waals surface area contributed by atoms with Crippen molar-refractivity contribution in [1.82, 2.24) is 0 Å². The molecule has 0 heterocycles. The van der Waals surface area contributed by atoms with Crippen LogP contribution < -0.4 is 20.5 Å². The standard InChI is InChI=1S/C18H21BrN2O3.ClH/c1-23-15-9-10-16(20)17(12-15)21-18(22)4-2-3-11-24-14-7-5-13(19)6-8-14;/h5-10,12H,2-4,11,20H2,1H3,(H,21,22);1H. The minimum absolute atomic E-state index is 0. The highest BCUT2D eigenvalue weighted by atomic mass is 79.9. The molecule has 2 rings (SSSR count). The lowest BCUT2D eigenvalue weighted by molar-refractivity contribution is -0.116. The number of hydrogen-bond acceptors (Lipinski definition) is 4. The van der Waals surface area contributed by atoms with Crippen molar-refractivity contribution in [1.29, 1.82) is 0 Å². The van der Waals surface area contributed by atoms with Crippen LogP contribution in [0.2, 0.25) is 0 Å². The lowest BCUT2D eigenvalue weighted by Crippen LogP contribution is -2.13. The van der Waals surface area contributed by atoms with Gasteiger partial charge in [-0.2, -0.15) is 0 Å². The van der Waals surface area contributed by atoms with E-state index >= 15 is 0 Å². The molecule has 0 unspecified atom stereocenters. The minimum atomic E-state index is -0.0707. The SMILES string of the molecule is COc1ccc(N)c(NC(=O)CCCCOc2ccc(Br)cc2)c1.Cl. The van der Waals surface area contributed by atoms with Crippen LogP contribution in [0.15, 0.2) is 46.9 Å². The Morgan fingerprint density at radius 1 is 1.12 bits per heavy atom. The van der Waals surface area contributed by atoms with Crippen molar-refractivity contribution in [2.24, 2.45) is 0 Å². The highest BCUT2D eigenvalue weighted by Gasteiger charge is 2.06. The summed E-state index contributed by atoms with van der Waals surface area (Å²) in [7, 11) is 1.57. The van der Waals surface area contributed by atoms with E-state index in [9.17, 15) is 4.79 Å². The first-order valence-electron chi connectivity index (χ1n) is 7.70. The molecule has 0 atom stereocenters. The number of rotatable bonds is 8. The highest BCUT2D eigenvalue weighted by molar-refractivity contribution is 9.10. The van der Waals surface area contributed by atoms with Gasteiger partial charge < -0.3 is 20.5 Å². The van der Waals surface area contributed by atoms with E-state index in [1.165, 1.54) is 0 Å². The Labute approximate surface area is 162 Å². The van der Waals surface area contributed by atoms with Crippen LogP contribution in [0.5, 0.6) is 11.5 Å². The maximum absolute atomic E-state index is 12.0. The highest BCUT2D eigenvalue weighted by Crippen LogP contribution is 2.24. The topological polar surface area (TPSA) is 73.6 Å². The molecule has 5 nitrogen and oxygen atoms in total. The molecule has 7 heteroatoms. The first kappa shape index (κ1) is 21.1. The number of ether oxygens (including phenoxy) is 2. The van der Waals surface area contributed by atoms with Crippen LogP contribution in [0.3, 0.4) is 0 Å². The van der Waals surface area contributed by atoms with Crippen molar-refractivity contribution < 1.29 is 14.3 Å². The summed E-state index contributed by atoms with van der Waals surface area (Å²) in [5.41, 5.74) is 6.94. The van der Waals surface area contributed by atoms with Gasteiger partial charge in [-0.25, -0.2) is 0 Å². The first-order chi connectivity index (χ1) is 11.6. The third-order valence-electron chi connectivity index (χ3n) is 3.42. The molecule has 0 fully saturated rings. The van der Waals surface area contributed by atoms with Crippen LogP contribution in [0, 0.1) is 0 Å². The molecule has 0 saturated heterocycles. The number of amides is 1. The van der Waals surface area contributed by atoms with Gasteiger partial charge in [0.2, 0.25) is 5.91 Å². The zero-order chi connectivity index (χ0) is 17.4. The van der Waals surface area contributed by atoms with Crippen molar-refractivity contribution in [2.45, 2.75) is 19.3 Å². The Bertz CT molecular complexity index is 681. The molecule has 0 aliphatic heterocycles. The summed E-state index contributed by atoms with van der Waals surface area (Å²) in [5, 5.41) is 2.81. The second-order valence-corrected chi connectivity index (χ2v) is 6.18. The van der Waals surface area contributed by atoms with Gasteiger partial charge in [-0.1, -0.05) is 15.9 Å². The lowest BCUT2D eigenvalue weighted by atomic mass is 10.2. The van der Waals surface area contributed by atoms with Crippen molar-refractivity contribution in [2.75, 3.05) is 24.8 Å². The van der Waals surface area contributed by atoms with E-state index in [4.69, 9.17) is 15.2 Å². The van der Waals surface area contributed by atoms with Crippen LogP contribution in [0.25, 0.3) is 0 Å². The zero-order valence-corrected chi connectivity index (χ0v) is 16.4. The number of unbranched alkanes of at least 4 members (excludes halogenated alkanes) is 1. The van der Waals surface area contributed by atoms with Gasteiger partial charge >= 0.3 is 0 Å². The molecule has 1 amide bonds. The summed E-state index contributed by atoms with van der Waals surface area (Å²) in [6.45, 7) is 0.580. The molecule has 0 bridgehead atoms. The predicted octanol–water partition coefficient (Wildman–Crippen LogP) is 4.65. The zero-order valence-electron chi connectivity index (χ0n) is 14.0. The summed E-state index contributed by atoms with van der Waals surface area (Å²) < 4.78 is 11.8. The van der Waals surface area contributed by atoms with Gasteiger partial charge in [0.1, 0.15) is 11.5 Å². The lowest BCUT2D eigenvalue weighted by Gasteiger charge is -2.10. The number of methoxy groups -OCH3 is 1. The van der Waals surface area contributed by atoms with Crippen LogP contribution in [0.1, 0.15) is 19.3 Å². The number of halogens is 2. The second kappa shape index (κ2) is 10.8. The summed E-state index contributed by atoms with van der Waals surface area (Å²) in [6.07, 6.45) is 1.96. The molecule has 0 aliphatic rings. The molecule has 136 valence electrons. The molecule has 2 aromatic rings. The third-order valence-corrected chi connectivity index (χ3v) is 3.94. The molecule has 0 aromatic heterocycles. The molecular weight excluding hydrogens is 408 g/mol. The van der Waals surface area contributed by atoms with E-state index in [0.29, 0.717) is 30.2 Å². The fourth-order valence-electron chi connectivity index (χ4n) is 2.09. The van der Waals surface area contributed by atoms with E-state index in [1.807, 2.05) is 24.3 Å². The monoisotopic (exact) mass is 428 g/mol. The number of carbonyl (C=O) groups excluding carboxylic acids is 1. The summed E-state index contributed by atoms with van der Waals surface area (Å²) in [6, 6.07) is 12.8. The average Bonchev–Trinajstić information content (AvgIpc) is 2.58. The van der Waals surface area contributed by atoms with Gasteiger partial charge in [-0.05, 0) is 49.2 Å². The van der Waals surface area contributed by atoms with Crippen LogP contribution in [-0.4, -0.2) is 19.6 Å². The maximum Gasteiger partial charge on any atom is 0.224 e. The number of nitrogen functional groups attached to an aromatic ring is 1. The van der Waals surface area contributed by atoms with Gasteiger partial charge in [-0.3, -0.25) is 4.79 Å². The van der Waals surface area contributed by atoms with Gasteiger partial charge in [0.05, 0.1) is 25.1 Å². The summed E-state index contributed by atoms with van der Waals surface area (Å²) in [4.78, 5) is 12.0. The first-order valence-corrected chi connectivity index (χ1v) is 8.49. The smallest absolute Gasteiger partial charge is 0.224 e. The molecule has 0 aliphatic carbocycles. The Morgan fingerprint density at radius 3 is 2.48 bits per heavy atom. The van der Waals surface area contributed by atoms with E-state index in [0.717, 1.165) is 23.1 Å². The number of benzene rings is 2. The number of anilines is 2. The second-order valence-electron chi connectivity index (χ2n) is 5.26. The molecule has 25 heavy (non-hydrogen) atoms. The van der Waals surface area contributed by atoms with Crippen LogP contribution in [0.4, 0.5) is 11.4 Å². The van der Waals surface area contributed by atoms with Gasteiger partial charge in [-0.15, -0.1) is 12.4 Å². The number of carbonyl (C=O) groups is 1. The van der Waals surface area contributed by atoms with Crippen molar-refractivity contribution >= 4 is 45.6 Å². The Kier molecular flexibility index (Phi) is 9.16. The number of nitrogens with two attached hydrogens (primary N) is 1. The average molecular weight is 430 g/mol. The fraction of sp³-hybridized carbons (Fsp3) is 0.278. The fourth-order valence-corrected chi connectivity index (χ4v) is 2.36. The van der Waals surface area contributed by atoms with E-state index in [2.05, 4.69) is 21.2 Å². The molecule has 0 spiro atoms. The summed E-state index contributed by atoms with van der Waals surface area (Å²) >= 11 is 3.38. The molecule has 2 aromatic carbocycles. The van der Waals surface area contributed by atoms with Crippen LogP contribution >= 0.6 is 28.3 Å². The largest absolute Gasteiger partial charge is 0.497 e. The van der Waals surface area contributed by atoms with Crippen molar-refractivity contribution in [3.05, 3.63) is 46.9 Å². The molecular formula is C18H22BrClN2O3. The Morgan fingerprint density at radius 2 is 1.80 bits per heavy atom. The quantitative estimate of drug-likeness (QED) is 0.473. The van der Waals surface area contributed by atoms with E-state index in [-0.39, 0.29) is 18.3 Å². The maximum atomic E-state index is 12.0. The van der Waals surface area contributed by atoms with E-state index < -0.39 is 0 Å². The van der Waals surface area contributed by atoms with Crippen molar-refractivity contribution in [3.63, 3.8) is 0 Å². The third kappa shape index (κ3) is 7.23. The van der Waals surface area contributed by atoms with Gasteiger partial charge in [0.25, 0.3) is 0 Å². The molecule has 0 saturated carbocycles. The number of hydrogen-bond donors (Lipinski definition) is 2. The molecule has 0 radical (unpaired) electrons. The Hall–Kier alpha value is -1.92. The predicted molar refractivity (Wildman–Crippen MR) is 107 cm³/mol. The molecule has 3 N–H and O–H groups in total. The van der Waals surface area contributed by atoms with Gasteiger partial charge in [0.15, 0.2) is 0 Å². The number of nitrogens with one attached hydrogen (secondary N) is 1. The minimum Gasteiger partial charge on any atom is -0.497 e. The van der Waals surface area contributed by atoms with Crippen molar-refractivity contribution in [3.8, 4) is 11.5 Å². The summed E-state index contributed by atoms with van der Waals surface area (Å²) in [5.74, 6) is 1.41. The van der Waals surface area contributed by atoms with E-state index in [1.54, 1.807) is 25.3 Å². The normalized spacial score (nSPS) is 9.84. The van der Waals surface area contributed by atoms with Gasteiger partial charge in [0, 0.05) is 17.0 Å². The Balaban J connectivity index is 0.00000312. The van der Waals surface area contributed by atoms with Crippen LogP contribution in [-0.2, 0) is 4.79 Å².